The van der Waals surface area contributed by atoms with E-state index in [-0.39, 0.29) is 27.4 Å². The minimum atomic E-state index is -4.10. The van der Waals surface area contributed by atoms with E-state index in [1.807, 2.05) is 27.7 Å². The fourth-order valence-electron chi connectivity index (χ4n) is 4.78. The molecule has 0 saturated heterocycles. The Kier molecular flexibility index (Phi) is 17.6. The highest BCUT2D eigenvalue weighted by Crippen LogP contribution is 2.39. The van der Waals surface area contributed by atoms with Crippen LogP contribution in [0, 0.1) is 5.82 Å². The SMILES string of the molecule is CCCCCOC(=O)COc1cc(N2C(=O)C3=C(CCCC3)C2=O)c(F)cc1Cl.CSc1nnc(C(C)(C)C)c(=O)n1N.O=C(O)CNCP(=O)(O)O. The first-order chi connectivity index (χ1) is 24.7. The monoisotopic (exact) mass is 806 g/mol. The number of carboxylic acids is 1. The molecule has 2 heterocycles. The van der Waals surface area contributed by atoms with Crippen molar-refractivity contribution in [1.82, 2.24) is 20.2 Å². The minimum Gasteiger partial charge on any atom is -0.480 e. The van der Waals surface area contributed by atoms with Gasteiger partial charge in [0, 0.05) is 22.6 Å². The van der Waals surface area contributed by atoms with Crippen LogP contribution in [0.15, 0.2) is 33.2 Å². The molecule has 0 atom stereocenters. The Bertz CT molecular complexity index is 1770. The molecule has 4 rings (SSSR count). The van der Waals surface area contributed by atoms with Gasteiger partial charge in [-0.3, -0.25) is 29.1 Å². The van der Waals surface area contributed by atoms with E-state index in [1.54, 1.807) is 6.26 Å². The topological polar surface area (TPSA) is 254 Å². The lowest BCUT2D eigenvalue weighted by Gasteiger charge is -2.18. The molecule has 0 bridgehead atoms. The number of hydrogen-bond donors (Lipinski definition) is 5. The molecule has 2 aliphatic rings. The molecule has 53 heavy (non-hydrogen) atoms. The number of rotatable bonds is 13. The van der Waals surface area contributed by atoms with Crippen LogP contribution in [-0.2, 0) is 33.9 Å². The Labute approximate surface area is 314 Å². The maximum atomic E-state index is 14.5. The van der Waals surface area contributed by atoms with Crippen molar-refractivity contribution >= 4 is 60.4 Å². The average molecular weight is 807 g/mol. The first-order valence-electron chi connectivity index (χ1n) is 16.4. The number of nitrogens with zero attached hydrogens (tertiary/aromatic N) is 4. The van der Waals surface area contributed by atoms with Crippen molar-refractivity contribution in [2.45, 2.75) is 83.2 Å². The smallest absolute Gasteiger partial charge is 0.344 e. The van der Waals surface area contributed by atoms with E-state index in [9.17, 15) is 32.9 Å². The zero-order valence-corrected chi connectivity index (χ0v) is 32.5. The van der Waals surface area contributed by atoms with Gasteiger partial charge in [0.05, 0.1) is 30.1 Å². The summed E-state index contributed by atoms with van der Waals surface area (Å²) in [4.78, 5) is 75.8. The highest BCUT2D eigenvalue weighted by atomic mass is 35.5. The number of unbranched alkanes of at least 4 members (excludes halogenated alkanes) is 2. The van der Waals surface area contributed by atoms with Gasteiger partial charge in [0.1, 0.15) is 17.3 Å². The third-order valence-corrected chi connectivity index (χ3v) is 8.91. The van der Waals surface area contributed by atoms with Crippen molar-refractivity contribution in [2.75, 3.05) is 43.0 Å². The van der Waals surface area contributed by atoms with E-state index in [0.717, 1.165) is 47.7 Å². The number of nitrogen functional groups attached to an aromatic ring is 1. The number of halogens is 2. The van der Waals surface area contributed by atoms with Crippen molar-refractivity contribution in [2.24, 2.45) is 0 Å². The summed E-state index contributed by atoms with van der Waals surface area (Å²) >= 11 is 7.31. The molecule has 0 fully saturated rings. The third kappa shape index (κ3) is 13.8. The molecule has 0 radical (unpaired) electrons. The second-order valence-corrected chi connectivity index (χ2v) is 15.5. The highest BCUT2D eigenvalue weighted by molar-refractivity contribution is 7.98. The number of anilines is 1. The van der Waals surface area contributed by atoms with E-state index in [1.165, 1.54) is 17.8 Å². The van der Waals surface area contributed by atoms with Crippen LogP contribution in [0.5, 0.6) is 5.75 Å². The van der Waals surface area contributed by atoms with Gasteiger partial charge in [-0.05, 0) is 44.4 Å². The molecular weight excluding hydrogens is 762 g/mol. The summed E-state index contributed by atoms with van der Waals surface area (Å²) < 4.78 is 36.1. The summed E-state index contributed by atoms with van der Waals surface area (Å²) in [5, 5.41) is 18.2. The number of hydrogen-bond acceptors (Lipinski definition) is 13. The lowest BCUT2D eigenvalue weighted by atomic mass is 9.93. The Morgan fingerprint density at radius 1 is 1.09 bits per heavy atom. The third-order valence-electron chi connectivity index (χ3n) is 7.34. The molecule has 294 valence electrons. The standard InChI is InChI=1S/C21H23ClFNO5.C8H14N4OS.C3H8NO5P/c1-2-3-6-9-28-19(25)12-29-18-11-17(16(23)10-15(18)22)24-20(26)13-7-4-5-8-14(13)21(24)27;1-8(2,3)5-6(13)12(9)7(14-4)11-10-5;5-3(6)1-4-2-10(7,8)9/h10-11H,2-9,12H2,1H3;9H2,1-4H3;4H,1-2H2,(H,5,6)(H2,7,8,9). The maximum Gasteiger partial charge on any atom is 0.344 e. The Morgan fingerprint density at radius 2 is 1.70 bits per heavy atom. The van der Waals surface area contributed by atoms with Crippen LogP contribution in [0.1, 0.15) is 78.3 Å². The summed E-state index contributed by atoms with van der Waals surface area (Å²) in [5.41, 5.74) is 0.449. The predicted octanol–water partition coefficient (Wildman–Crippen LogP) is 3.50. The number of carbonyl (C=O) groups excluding carboxylic acids is 3. The summed E-state index contributed by atoms with van der Waals surface area (Å²) in [6.07, 6.45) is 6.60. The van der Waals surface area contributed by atoms with Crippen LogP contribution in [-0.4, -0.2) is 85.8 Å². The van der Waals surface area contributed by atoms with Gasteiger partial charge in [-0.15, -0.1) is 10.2 Å². The fourth-order valence-corrected chi connectivity index (χ4v) is 5.79. The van der Waals surface area contributed by atoms with Gasteiger partial charge in [0.25, 0.3) is 17.4 Å². The molecule has 1 aromatic heterocycles. The number of amides is 2. The first-order valence-corrected chi connectivity index (χ1v) is 19.8. The highest BCUT2D eigenvalue weighted by Gasteiger charge is 2.41. The molecule has 2 amide bonds. The normalized spacial score (nSPS) is 14.2. The van der Waals surface area contributed by atoms with E-state index in [2.05, 4.69) is 15.5 Å². The molecule has 21 heteroatoms. The number of carbonyl (C=O) groups is 4. The molecule has 1 aliphatic carbocycles. The van der Waals surface area contributed by atoms with Gasteiger partial charge in [0.15, 0.2) is 6.61 Å². The van der Waals surface area contributed by atoms with Crippen molar-refractivity contribution in [3.63, 3.8) is 0 Å². The molecule has 0 saturated carbocycles. The van der Waals surface area contributed by atoms with Crippen molar-refractivity contribution < 1.29 is 52.5 Å². The second kappa shape index (κ2) is 20.5. The molecule has 0 spiro atoms. The van der Waals surface area contributed by atoms with Crippen LogP contribution in [0.2, 0.25) is 5.02 Å². The number of esters is 1. The number of carboxylic acid groups (broad SMARTS) is 1. The number of aromatic nitrogens is 3. The van der Waals surface area contributed by atoms with Crippen molar-refractivity contribution in [3.8, 4) is 5.75 Å². The Morgan fingerprint density at radius 3 is 2.21 bits per heavy atom. The Hall–Kier alpha value is -3.87. The second-order valence-electron chi connectivity index (χ2n) is 12.7. The van der Waals surface area contributed by atoms with Crippen molar-refractivity contribution in [3.05, 3.63) is 50.2 Å². The number of nitrogens with two attached hydrogens (primary N) is 1. The van der Waals surface area contributed by atoms with Gasteiger partial charge < -0.3 is 30.2 Å². The zero-order chi connectivity index (χ0) is 40.1. The van der Waals surface area contributed by atoms with E-state index >= 15 is 0 Å². The molecule has 6 N–H and O–H groups in total. The molecule has 1 aromatic carbocycles. The zero-order valence-electron chi connectivity index (χ0n) is 30.0. The van der Waals surface area contributed by atoms with Gasteiger partial charge in [-0.2, -0.15) is 4.68 Å². The van der Waals surface area contributed by atoms with E-state index in [0.29, 0.717) is 41.4 Å². The molecule has 17 nitrogen and oxygen atoms in total. The van der Waals surface area contributed by atoms with Gasteiger partial charge in [0.2, 0.25) is 5.16 Å². The molecule has 2 aromatic rings. The number of ether oxygens (including phenoxy) is 2. The molecular formula is C32H45ClFN6O11PS. The van der Waals surface area contributed by atoms with E-state index in [4.69, 9.17) is 41.8 Å². The van der Waals surface area contributed by atoms with Crippen LogP contribution in [0.4, 0.5) is 10.1 Å². The number of imide groups is 1. The molecule has 1 aliphatic heterocycles. The van der Waals surface area contributed by atoms with Gasteiger partial charge in [-0.25, -0.2) is 14.1 Å². The number of benzene rings is 1. The van der Waals surface area contributed by atoms with Crippen LogP contribution < -0.4 is 26.4 Å². The fraction of sp³-hybridized carbons (Fsp3) is 0.531. The predicted molar refractivity (Wildman–Crippen MR) is 195 cm³/mol. The molecule has 0 unspecified atom stereocenters. The van der Waals surface area contributed by atoms with Crippen molar-refractivity contribution in [1.29, 1.82) is 0 Å². The van der Waals surface area contributed by atoms with Gasteiger partial charge in [-0.1, -0.05) is 63.9 Å². The summed E-state index contributed by atoms with van der Waals surface area (Å²) in [6, 6.07) is 2.15. The van der Waals surface area contributed by atoms with E-state index < -0.39 is 56.6 Å². The summed E-state index contributed by atoms with van der Waals surface area (Å²) in [6.45, 7) is 7.19. The Balaban J connectivity index is 0.000000335. The van der Waals surface area contributed by atoms with Crippen LogP contribution in [0.3, 0.4) is 0 Å². The number of aliphatic carboxylic acids is 1. The number of nitrogens with one attached hydrogen (secondary N) is 1. The lowest BCUT2D eigenvalue weighted by molar-refractivity contribution is -0.146. The number of thioether (sulfide) groups is 1. The van der Waals surface area contributed by atoms with Crippen LogP contribution in [0.25, 0.3) is 0 Å². The first kappa shape index (κ1) is 45.3. The quantitative estimate of drug-likeness (QED) is 0.0485. The lowest BCUT2D eigenvalue weighted by Crippen LogP contribution is -2.37. The van der Waals surface area contributed by atoms with Gasteiger partial charge >= 0.3 is 19.5 Å². The largest absolute Gasteiger partial charge is 0.480 e. The minimum absolute atomic E-state index is 0.000883. The summed E-state index contributed by atoms with van der Waals surface area (Å²) in [7, 11) is -4.10. The average Bonchev–Trinajstić information content (AvgIpc) is 3.32. The summed E-state index contributed by atoms with van der Waals surface area (Å²) in [5.74, 6) is 2.02. The maximum absolute atomic E-state index is 14.5. The van der Waals surface area contributed by atoms with Crippen LogP contribution >= 0.6 is 31.0 Å².